The van der Waals surface area contributed by atoms with Crippen molar-refractivity contribution in [1.29, 1.82) is 0 Å². The molecule has 1 aliphatic heterocycles. The molecule has 1 aliphatic rings. The molecule has 0 aliphatic carbocycles. The first kappa shape index (κ1) is 13.6. The summed E-state index contributed by atoms with van der Waals surface area (Å²) in [7, 11) is 4.27. The molecule has 0 N–H and O–H groups in total. The number of ether oxygens (including phenoxy) is 1. The predicted octanol–water partition coefficient (Wildman–Crippen LogP) is 2.13. The van der Waals surface area contributed by atoms with Crippen LogP contribution in [0.15, 0.2) is 70.5 Å². The maximum atomic E-state index is 6.22. The van der Waals surface area contributed by atoms with Crippen LogP contribution in [0.3, 0.4) is 0 Å². The summed E-state index contributed by atoms with van der Waals surface area (Å²) in [6.45, 7) is 0. The third kappa shape index (κ3) is 2.34. The monoisotopic (exact) mass is 300 g/mol. The van der Waals surface area contributed by atoms with Crippen LogP contribution in [0.2, 0.25) is 0 Å². The standard InChI is InChI=1S/C18H14B2OS/c19-12-8-11(9-13(20)10-12)14-4-3-7-17-18(14)21-15-5-1-2-6-16(15)22-17/h1-10H,19-20H2. The van der Waals surface area contributed by atoms with Crippen molar-refractivity contribution in [3.05, 3.63) is 60.7 Å². The maximum absolute atomic E-state index is 6.22. The van der Waals surface area contributed by atoms with Crippen molar-refractivity contribution in [3.63, 3.8) is 0 Å². The second-order valence-electron chi connectivity index (χ2n) is 5.66. The summed E-state index contributed by atoms with van der Waals surface area (Å²) in [4.78, 5) is 2.35. The Morgan fingerprint density at radius 3 is 2.32 bits per heavy atom. The van der Waals surface area contributed by atoms with Crippen LogP contribution in [-0.4, -0.2) is 15.7 Å². The Hall–Kier alpha value is -2.06. The van der Waals surface area contributed by atoms with Gasteiger partial charge in [-0.1, -0.05) is 65.2 Å². The molecular formula is C18H14B2OS. The molecule has 0 fully saturated rings. The highest BCUT2D eigenvalue weighted by atomic mass is 32.2. The number of hydrogen-bond donors (Lipinski definition) is 0. The Labute approximate surface area is 136 Å². The number of benzene rings is 3. The highest BCUT2D eigenvalue weighted by Gasteiger charge is 2.20. The minimum atomic E-state index is 0.942. The van der Waals surface area contributed by atoms with E-state index in [1.165, 1.54) is 26.3 Å². The molecule has 104 valence electrons. The number of para-hydroxylation sites is 2. The molecule has 4 rings (SSSR count). The van der Waals surface area contributed by atoms with Gasteiger partial charge in [0.1, 0.15) is 27.2 Å². The van der Waals surface area contributed by atoms with Gasteiger partial charge in [0, 0.05) is 5.56 Å². The van der Waals surface area contributed by atoms with E-state index in [9.17, 15) is 0 Å². The fraction of sp³-hybridized carbons (Fsp3) is 0. The van der Waals surface area contributed by atoms with Gasteiger partial charge in [-0.15, -0.1) is 0 Å². The first-order chi connectivity index (χ1) is 10.7. The van der Waals surface area contributed by atoms with Crippen LogP contribution < -0.4 is 15.7 Å². The molecule has 0 spiro atoms. The lowest BCUT2D eigenvalue weighted by atomic mass is 9.84. The molecule has 0 radical (unpaired) electrons. The molecule has 0 atom stereocenters. The smallest absolute Gasteiger partial charge is 0.149 e. The van der Waals surface area contributed by atoms with Crippen LogP contribution in [-0.2, 0) is 0 Å². The van der Waals surface area contributed by atoms with E-state index in [-0.39, 0.29) is 0 Å². The summed E-state index contributed by atoms with van der Waals surface area (Å²) in [5.74, 6) is 1.91. The van der Waals surface area contributed by atoms with Crippen molar-refractivity contribution in [2.24, 2.45) is 0 Å². The van der Waals surface area contributed by atoms with E-state index in [4.69, 9.17) is 4.74 Å². The van der Waals surface area contributed by atoms with Gasteiger partial charge in [-0.2, -0.15) is 0 Å². The molecular weight excluding hydrogens is 286 g/mol. The quantitative estimate of drug-likeness (QED) is 0.498. The van der Waals surface area contributed by atoms with Gasteiger partial charge in [-0.3, -0.25) is 0 Å². The molecule has 0 amide bonds. The molecule has 4 heteroatoms. The first-order valence-electron chi connectivity index (χ1n) is 7.37. The lowest BCUT2D eigenvalue weighted by molar-refractivity contribution is 0.456. The fourth-order valence-electron chi connectivity index (χ4n) is 2.91. The maximum Gasteiger partial charge on any atom is 0.149 e. The van der Waals surface area contributed by atoms with E-state index in [1.807, 2.05) is 18.2 Å². The van der Waals surface area contributed by atoms with Crippen LogP contribution in [0.25, 0.3) is 11.1 Å². The van der Waals surface area contributed by atoms with Gasteiger partial charge in [-0.05, 0) is 23.8 Å². The average molecular weight is 300 g/mol. The molecule has 3 aromatic rings. The molecule has 0 saturated carbocycles. The Morgan fingerprint density at radius 1 is 0.773 bits per heavy atom. The molecule has 0 bridgehead atoms. The lowest BCUT2D eigenvalue weighted by Crippen LogP contribution is -2.13. The number of rotatable bonds is 1. The van der Waals surface area contributed by atoms with Gasteiger partial charge in [0.15, 0.2) is 0 Å². The molecule has 3 aromatic carbocycles. The molecule has 22 heavy (non-hydrogen) atoms. The number of hydrogen-bond acceptors (Lipinski definition) is 2. The Morgan fingerprint density at radius 2 is 1.50 bits per heavy atom. The highest BCUT2D eigenvalue weighted by molar-refractivity contribution is 7.99. The lowest BCUT2D eigenvalue weighted by Gasteiger charge is -2.22. The minimum absolute atomic E-state index is 0.942. The largest absolute Gasteiger partial charge is 0.454 e. The van der Waals surface area contributed by atoms with E-state index in [0.717, 1.165) is 17.1 Å². The SMILES string of the molecule is Bc1cc(B)cc(-c2cccc3c2Oc2ccccc2S3)c1. The van der Waals surface area contributed by atoms with Crippen LogP contribution in [0.4, 0.5) is 0 Å². The number of fused-ring (bicyclic) bond motifs is 2. The second kappa shape index (κ2) is 5.29. The van der Waals surface area contributed by atoms with Crippen molar-refractivity contribution in [1.82, 2.24) is 0 Å². The third-order valence-corrected chi connectivity index (χ3v) is 4.89. The normalized spacial score (nSPS) is 12.2. The van der Waals surface area contributed by atoms with Gasteiger partial charge in [0.25, 0.3) is 0 Å². The van der Waals surface area contributed by atoms with E-state index in [1.54, 1.807) is 11.8 Å². The first-order valence-corrected chi connectivity index (χ1v) is 8.19. The van der Waals surface area contributed by atoms with Crippen molar-refractivity contribution >= 4 is 38.4 Å². The van der Waals surface area contributed by atoms with Crippen molar-refractivity contribution in [2.75, 3.05) is 0 Å². The molecule has 0 aromatic heterocycles. The summed E-state index contributed by atoms with van der Waals surface area (Å²) in [6, 6.07) is 21.2. The average Bonchev–Trinajstić information content (AvgIpc) is 2.51. The minimum Gasteiger partial charge on any atom is -0.454 e. The van der Waals surface area contributed by atoms with Crippen LogP contribution in [0, 0.1) is 0 Å². The van der Waals surface area contributed by atoms with E-state index in [0.29, 0.717) is 0 Å². The second-order valence-corrected chi connectivity index (χ2v) is 6.74. The van der Waals surface area contributed by atoms with Gasteiger partial charge >= 0.3 is 0 Å². The summed E-state index contributed by atoms with van der Waals surface area (Å²) in [5, 5.41) is 0. The Bertz CT molecular complexity index is 856. The molecule has 0 saturated heterocycles. The van der Waals surface area contributed by atoms with Gasteiger partial charge in [-0.25, -0.2) is 0 Å². The third-order valence-electron chi connectivity index (χ3n) is 3.79. The fourth-order valence-corrected chi connectivity index (χ4v) is 3.89. The van der Waals surface area contributed by atoms with Gasteiger partial charge in [0.05, 0.1) is 9.79 Å². The van der Waals surface area contributed by atoms with Gasteiger partial charge < -0.3 is 4.74 Å². The topological polar surface area (TPSA) is 9.23 Å². The zero-order chi connectivity index (χ0) is 15.1. The Balaban J connectivity index is 1.87. The molecule has 1 nitrogen and oxygen atoms in total. The van der Waals surface area contributed by atoms with Crippen molar-refractivity contribution in [3.8, 4) is 22.6 Å². The molecule has 1 heterocycles. The van der Waals surface area contributed by atoms with Gasteiger partial charge in [0.2, 0.25) is 0 Å². The van der Waals surface area contributed by atoms with E-state index >= 15 is 0 Å². The predicted molar refractivity (Wildman–Crippen MR) is 98.9 cm³/mol. The van der Waals surface area contributed by atoms with Crippen LogP contribution in [0.5, 0.6) is 11.5 Å². The zero-order valence-electron chi connectivity index (χ0n) is 12.6. The highest BCUT2D eigenvalue weighted by Crippen LogP contribution is 2.50. The summed E-state index contributed by atoms with van der Waals surface area (Å²) in [6.07, 6.45) is 0. The van der Waals surface area contributed by atoms with Crippen LogP contribution in [0.1, 0.15) is 0 Å². The van der Waals surface area contributed by atoms with Crippen LogP contribution >= 0.6 is 11.8 Å². The Kier molecular flexibility index (Phi) is 3.27. The summed E-state index contributed by atoms with van der Waals surface area (Å²) in [5.41, 5.74) is 4.92. The summed E-state index contributed by atoms with van der Waals surface area (Å²) >= 11 is 1.77. The van der Waals surface area contributed by atoms with Crippen molar-refractivity contribution in [2.45, 2.75) is 9.79 Å². The van der Waals surface area contributed by atoms with E-state index in [2.05, 4.69) is 58.2 Å². The molecule has 0 unspecified atom stereocenters. The zero-order valence-corrected chi connectivity index (χ0v) is 13.4. The summed E-state index contributed by atoms with van der Waals surface area (Å²) < 4.78 is 6.22. The van der Waals surface area contributed by atoms with Crippen molar-refractivity contribution < 1.29 is 4.74 Å². The van der Waals surface area contributed by atoms with E-state index < -0.39 is 0 Å².